The second-order valence-corrected chi connectivity index (χ2v) is 7.03. The maximum Gasteiger partial charge on any atom is 0.315 e. The Kier molecular flexibility index (Phi) is 4.71. The maximum absolute atomic E-state index is 12.5. The fraction of sp³-hybridized carbons (Fsp3) is 0.471. The van der Waals surface area contributed by atoms with E-state index in [4.69, 9.17) is 0 Å². The Labute approximate surface area is 145 Å². The van der Waals surface area contributed by atoms with Crippen molar-refractivity contribution < 1.29 is 9.59 Å². The van der Waals surface area contributed by atoms with Crippen molar-refractivity contribution in [1.82, 2.24) is 14.7 Å². The molecule has 0 unspecified atom stereocenters. The van der Waals surface area contributed by atoms with Crippen molar-refractivity contribution in [1.29, 1.82) is 0 Å². The number of carbonyl (C=O) groups excluding carboxylic acids is 2. The van der Waals surface area contributed by atoms with Crippen LogP contribution in [0.1, 0.15) is 37.4 Å². The predicted molar refractivity (Wildman–Crippen MR) is 94.1 cm³/mol. The number of aromatic nitrogens is 2. The molecule has 128 valence electrons. The molecular weight excluding hydrogens is 324 g/mol. The zero-order valence-corrected chi connectivity index (χ0v) is 15.0. The minimum atomic E-state index is -0.599. The van der Waals surface area contributed by atoms with Gasteiger partial charge in [-0.15, -0.1) is 0 Å². The molecule has 0 aliphatic carbocycles. The van der Waals surface area contributed by atoms with Gasteiger partial charge in [-0.1, -0.05) is 6.92 Å². The highest BCUT2D eigenvalue weighted by Crippen LogP contribution is 2.32. The normalized spacial score (nSPS) is 20.4. The molecule has 2 amide bonds. The van der Waals surface area contributed by atoms with Crippen LogP contribution in [0, 0.1) is 0 Å². The van der Waals surface area contributed by atoms with Crippen LogP contribution in [0.15, 0.2) is 22.9 Å². The topological polar surface area (TPSA) is 67.2 Å². The van der Waals surface area contributed by atoms with E-state index < -0.39 is 11.8 Å². The van der Waals surface area contributed by atoms with Crippen LogP contribution in [0.5, 0.6) is 0 Å². The number of hydrogen-bond acceptors (Lipinski definition) is 4. The van der Waals surface area contributed by atoms with Gasteiger partial charge in [-0.25, -0.2) is 0 Å². The number of likely N-dealkylation sites (tertiary alicyclic amines) is 1. The third kappa shape index (κ3) is 3.21. The Balaban J connectivity index is 1.67. The molecule has 1 fully saturated rings. The lowest BCUT2D eigenvalue weighted by Gasteiger charge is -2.20. The van der Waals surface area contributed by atoms with E-state index in [0.29, 0.717) is 18.3 Å². The molecule has 2 aromatic heterocycles. The van der Waals surface area contributed by atoms with Crippen LogP contribution in [-0.4, -0.2) is 39.1 Å². The molecule has 1 aliphatic heterocycles. The highest BCUT2D eigenvalue weighted by Gasteiger charge is 2.36. The van der Waals surface area contributed by atoms with Gasteiger partial charge < -0.3 is 10.2 Å². The Morgan fingerprint density at radius 2 is 2.25 bits per heavy atom. The first-order valence-electron chi connectivity index (χ1n) is 8.16. The number of rotatable bonds is 3. The van der Waals surface area contributed by atoms with Crippen LogP contribution >= 0.6 is 11.3 Å². The number of hydrogen-bond donors (Lipinski definition) is 1. The first kappa shape index (κ1) is 16.7. The second kappa shape index (κ2) is 6.76. The van der Waals surface area contributed by atoms with E-state index >= 15 is 0 Å². The molecule has 3 rings (SSSR count). The lowest BCUT2D eigenvalue weighted by atomic mass is 10.00. The van der Waals surface area contributed by atoms with Gasteiger partial charge in [0, 0.05) is 31.6 Å². The third-order valence-corrected chi connectivity index (χ3v) is 5.28. The zero-order chi connectivity index (χ0) is 17.3. The van der Waals surface area contributed by atoms with Crippen LogP contribution < -0.4 is 5.32 Å². The molecule has 0 radical (unpaired) electrons. The van der Waals surface area contributed by atoms with Crippen molar-refractivity contribution in [2.24, 2.45) is 7.05 Å². The van der Waals surface area contributed by atoms with Gasteiger partial charge in [0.15, 0.2) is 0 Å². The summed E-state index contributed by atoms with van der Waals surface area (Å²) in [6, 6.07) is 3.95. The number of nitrogens with one attached hydrogen (secondary N) is 1. The molecule has 0 bridgehead atoms. The third-order valence-electron chi connectivity index (χ3n) is 4.58. The lowest BCUT2D eigenvalue weighted by molar-refractivity contribution is -0.143. The molecule has 0 aromatic carbocycles. The van der Waals surface area contributed by atoms with Gasteiger partial charge in [0.05, 0.1) is 5.69 Å². The van der Waals surface area contributed by atoms with E-state index in [1.165, 1.54) is 5.56 Å². The summed E-state index contributed by atoms with van der Waals surface area (Å²) in [5, 5.41) is 11.1. The zero-order valence-electron chi connectivity index (χ0n) is 14.2. The summed E-state index contributed by atoms with van der Waals surface area (Å²) in [5.74, 6) is -0.212. The average molecular weight is 346 g/mol. The lowest BCUT2D eigenvalue weighted by Crippen LogP contribution is -2.41. The van der Waals surface area contributed by atoms with Crippen molar-refractivity contribution in [2.75, 3.05) is 11.9 Å². The van der Waals surface area contributed by atoms with Gasteiger partial charge in [0.2, 0.25) is 0 Å². The minimum Gasteiger partial charge on any atom is -0.331 e. The summed E-state index contributed by atoms with van der Waals surface area (Å²) >= 11 is 1.66. The van der Waals surface area contributed by atoms with Crippen LogP contribution in [0.25, 0.3) is 0 Å². The van der Waals surface area contributed by atoms with Gasteiger partial charge in [-0.3, -0.25) is 14.3 Å². The van der Waals surface area contributed by atoms with E-state index in [9.17, 15) is 9.59 Å². The van der Waals surface area contributed by atoms with E-state index in [-0.39, 0.29) is 6.04 Å². The molecule has 1 saturated heterocycles. The largest absolute Gasteiger partial charge is 0.331 e. The van der Waals surface area contributed by atoms with Gasteiger partial charge in [0.25, 0.3) is 0 Å². The van der Waals surface area contributed by atoms with Crippen molar-refractivity contribution in [3.63, 3.8) is 0 Å². The molecule has 1 N–H and O–H groups in total. The van der Waals surface area contributed by atoms with Gasteiger partial charge in [0.1, 0.15) is 5.82 Å². The molecular formula is C17H22N4O2S. The number of nitrogens with zero attached hydrogens (tertiary/aromatic N) is 3. The van der Waals surface area contributed by atoms with Gasteiger partial charge in [-0.2, -0.15) is 16.4 Å². The highest BCUT2D eigenvalue weighted by atomic mass is 32.1. The predicted octanol–water partition coefficient (Wildman–Crippen LogP) is 2.39. The number of anilines is 1. The molecule has 0 saturated carbocycles. The van der Waals surface area contributed by atoms with Crippen molar-refractivity contribution in [2.45, 2.75) is 38.6 Å². The van der Waals surface area contributed by atoms with Crippen molar-refractivity contribution >= 4 is 29.0 Å². The standard InChI is InChI=1S/C17H22N4O2S/c1-4-14-8-15(20(3)19-14)18-16(22)17(23)21-9-13(7-11(21)2)12-5-6-24-10-12/h5-6,8,10-11,13H,4,7,9H2,1-3H3,(H,18,22)/t11-,13-/m1/s1. The van der Waals surface area contributed by atoms with Crippen LogP contribution in [0.4, 0.5) is 5.82 Å². The van der Waals surface area contributed by atoms with E-state index in [1.54, 1.807) is 34.0 Å². The number of aryl methyl sites for hydroxylation is 2. The van der Waals surface area contributed by atoms with E-state index in [2.05, 4.69) is 21.9 Å². The van der Waals surface area contributed by atoms with Crippen molar-refractivity contribution in [3.8, 4) is 0 Å². The molecule has 0 spiro atoms. The average Bonchev–Trinajstić information content (AvgIpc) is 3.27. The molecule has 2 aromatic rings. The summed E-state index contributed by atoms with van der Waals surface area (Å²) in [5.41, 5.74) is 2.13. The van der Waals surface area contributed by atoms with Crippen LogP contribution in [0.2, 0.25) is 0 Å². The Morgan fingerprint density at radius 3 is 2.88 bits per heavy atom. The fourth-order valence-corrected chi connectivity index (χ4v) is 3.92. The second-order valence-electron chi connectivity index (χ2n) is 6.25. The van der Waals surface area contributed by atoms with Crippen molar-refractivity contribution in [3.05, 3.63) is 34.2 Å². The molecule has 2 atom stereocenters. The number of amides is 2. The summed E-state index contributed by atoms with van der Waals surface area (Å²) in [6.45, 7) is 4.59. The minimum absolute atomic E-state index is 0.0610. The monoisotopic (exact) mass is 346 g/mol. The summed E-state index contributed by atoms with van der Waals surface area (Å²) < 4.78 is 1.59. The van der Waals surface area contributed by atoms with Gasteiger partial charge >= 0.3 is 11.8 Å². The molecule has 24 heavy (non-hydrogen) atoms. The van der Waals surface area contributed by atoms with Gasteiger partial charge in [-0.05, 0) is 42.2 Å². The van der Waals surface area contributed by atoms with Crippen LogP contribution in [0.3, 0.4) is 0 Å². The molecule has 1 aliphatic rings. The summed E-state index contributed by atoms with van der Waals surface area (Å²) in [4.78, 5) is 26.6. The fourth-order valence-electron chi connectivity index (χ4n) is 3.18. The SMILES string of the molecule is CCc1cc(NC(=O)C(=O)N2C[C@H](c3ccsc3)C[C@H]2C)n(C)n1. The first-order chi connectivity index (χ1) is 11.5. The summed E-state index contributed by atoms with van der Waals surface area (Å²) in [6.07, 6.45) is 1.67. The van der Waals surface area contributed by atoms with E-state index in [1.807, 2.05) is 19.2 Å². The number of thiophene rings is 1. The Morgan fingerprint density at radius 1 is 1.46 bits per heavy atom. The molecule has 3 heterocycles. The summed E-state index contributed by atoms with van der Waals surface area (Å²) in [7, 11) is 1.75. The smallest absolute Gasteiger partial charge is 0.315 e. The molecule has 6 nitrogen and oxygen atoms in total. The molecule has 7 heteroatoms. The quantitative estimate of drug-likeness (QED) is 0.868. The van der Waals surface area contributed by atoms with E-state index in [0.717, 1.165) is 18.5 Å². The number of carbonyl (C=O) groups is 2. The Hall–Kier alpha value is -2.15. The first-order valence-corrected chi connectivity index (χ1v) is 9.10. The highest BCUT2D eigenvalue weighted by molar-refractivity contribution is 7.08. The Bertz CT molecular complexity index is 738. The van der Waals surface area contributed by atoms with Crippen LogP contribution in [-0.2, 0) is 23.1 Å². The maximum atomic E-state index is 12.5.